The SMILES string of the molecule is CC(C)CNC(=O)C(C)Nc1ccc(Br)cc1C(N)=S. The van der Waals surface area contributed by atoms with Crippen LogP contribution in [-0.4, -0.2) is 23.5 Å². The fourth-order valence-corrected chi connectivity index (χ4v) is 2.13. The van der Waals surface area contributed by atoms with Crippen molar-refractivity contribution < 1.29 is 4.79 Å². The topological polar surface area (TPSA) is 67.2 Å². The zero-order valence-corrected chi connectivity index (χ0v) is 14.3. The van der Waals surface area contributed by atoms with Crippen molar-refractivity contribution in [3.05, 3.63) is 28.2 Å². The van der Waals surface area contributed by atoms with E-state index in [1.165, 1.54) is 0 Å². The van der Waals surface area contributed by atoms with Crippen molar-refractivity contribution in [1.29, 1.82) is 0 Å². The van der Waals surface area contributed by atoms with Crippen LogP contribution in [0.15, 0.2) is 22.7 Å². The third kappa shape index (κ3) is 5.09. The summed E-state index contributed by atoms with van der Waals surface area (Å²) in [7, 11) is 0. The van der Waals surface area contributed by atoms with Gasteiger partial charge in [-0.2, -0.15) is 0 Å². The van der Waals surface area contributed by atoms with Crippen molar-refractivity contribution in [3.63, 3.8) is 0 Å². The quantitative estimate of drug-likeness (QED) is 0.684. The summed E-state index contributed by atoms with van der Waals surface area (Å²) in [6, 6.07) is 5.21. The lowest BCUT2D eigenvalue weighted by Crippen LogP contribution is -2.39. The predicted octanol–water partition coefficient (Wildman–Crippen LogP) is 2.66. The number of carbonyl (C=O) groups is 1. The third-order valence-electron chi connectivity index (χ3n) is 2.70. The second-order valence-corrected chi connectivity index (χ2v) is 6.41. The Morgan fingerprint density at radius 1 is 1.40 bits per heavy atom. The molecule has 0 spiro atoms. The first-order chi connectivity index (χ1) is 9.31. The molecule has 0 heterocycles. The zero-order chi connectivity index (χ0) is 15.3. The highest BCUT2D eigenvalue weighted by Gasteiger charge is 2.15. The van der Waals surface area contributed by atoms with Crippen LogP contribution in [0, 0.1) is 5.92 Å². The van der Waals surface area contributed by atoms with Gasteiger partial charge in [-0.3, -0.25) is 4.79 Å². The van der Waals surface area contributed by atoms with Crippen molar-refractivity contribution in [2.75, 3.05) is 11.9 Å². The van der Waals surface area contributed by atoms with E-state index < -0.39 is 0 Å². The molecule has 1 amide bonds. The summed E-state index contributed by atoms with van der Waals surface area (Å²) in [6.45, 7) is 6.57. The van der Waals surface area contributed by atoms with Crippen LogP contribution >= 0.6 is 28.1 Å². The normalized spacial score (nSPS) is 12.1. The molecule has 6 heteroatoms. The molecular weight excluding hydrogens is 338 g/mol. The molecule has 0 aliphatic rings. The van der Waals surface area contributed by atoms with Crippen molar-refractivity contribution in [2.45, 2.75) is 26.8 Å². The summed E-state index contributed by atoms with van der Waals surface area (Å²) in [5.74, 6) is 0.376. The third-order valence-corrected chi connectivity index (χ3v) is 3.41. The molecule has 1 atom stereocenters. The lowest BCUT2D eigenvalue weighted by atomic mass is 10.1. The van der Waals surface area contributed by atoms with Gasteiger partial charge in [-0.05, 0) is 31.0 Å². The number of amides is 1. The number of nitrogens with one attached hydrogen (secondary N) is 2. The van der Waals surface area contributed by atoms with Gasteiger partial charge in [0.15, 0.2) is 0 Å². The van der Waals surface area contributed by atoms with Gasteiger partial charge in [0.2, 0.25) is 5.91 Å². The van der Waals surface area contributed by atoms with Crippen LogP contribution in [0.5, 0.6) is 0 Å². The number of nitrogens with two attached hydrogens (primary N) is 1. The Balaban J connectivity index is 2.77. The monoisotopic (exact) mass is 357 g/mol. The van der Waals surface area contributed by atoms with Gasteiger partial charge in [0, 0.05) is 22.3 Å². The van der Waals surface area contributed by atoms with E-state index in [1.54, 1.807) is 6.92 Å². The van der Waals surface area contributed by atoms with Crippen molar-refractivity contribution in [1.82, 2.24) is 5.32 Å². The molecule has 0 aliphatic heterocycles. The van der Waals surface area contributed by atoms with Crippen LogP contribution in [0.1, 0.15) is 26.3 Å². The van der Waals surface area contributed by atoms with Gasteiger partial charge in [-0.15, -0.1) is 0 Å². The second-order valence-electron chi connectivity index (χ2n) is 5.06. The van der Waals surface area contributed by atoms with Crippen molar-refractivity contribution >= 4 is 44.7 Å². The fourth-order valence-electron chi connectivity index (χ4n) is 1.60. The molecule has 0 aromatic heterocycles. The number of benzene rings is 1. The van der Waals surface area contributed by atoms with Crippen LogP contribution in [0.2, 0.25) is 0 Å². The number of carbonyl (C=O) groups excluding carboxylic acids is 1. The molecule has 0 aliphatic carbocycles. The van der Waals surface area contributed by atoms with Gasteiger partial charge in [0.25, 0.3) is 0 Å². The Hall–Kier alpha value is -1.14. The smallest absolute Gasteiger partial charge is 0.242 e. The first-order valence-electron chi connectivity index (χ1n) is 6.45. The van der Waals surface area contributed by atoms with Crippen molar-refractivity contribution in [3.8, 4) is 0 Å². The largest absolute Gasteiger partial charge is 0.389 e. The average molecular weight is 358 g/mol. The van der Waals surface area contributed by atoms with E-state index in [4.69, 9.17) is 18.0 Å². The minimum atomic E-state index is -0.358. The number of anilines is 1. The first-order valence-corrected chi connectivity index (χ1v) is 7.65. The molecule has 4 N–H and O–H groups in total. The second kappa shape index (κ2) is 7.59. The molecule has 4 nitrogen and oxygen atoms in total. The van der Waals surface area contributed by atoms with Gasteiger partial charge >= 0.3 is 0 Å². The molecule has 0 saturated carbocycles. The van der Waals surface area contributed by atoms with Crippen LogP contribution in [0.25, 0.3) is 0 Å². The van der Waals surface area contributed by atoms with Gasteiger partial charge in [0.1, 0.15) is 11.0 Å². The number of rotatable bonds is 6. The van der Waals surface area contributed by atoms with Crippen molar-refractivity contribution in [2.24, 2.45) is 11.7 Å². The van der Waals surface area contributed by atoms with Gasteiger partial charge in [-0.1, -0.05) is 42.0 Å². The molecule has 1 unspecified atom stereocenters. The summed E-state index contributed by atoms with van der Waals surface area (Å²) in [5, 5.41) is 6.03. The highest BCUT2D eigenvalue weighted by molar-refractivity contribution is 9.10. The Labute approximate surface area is 133 Å². The fraction of sp³-hybridized carbons (Fsp3) is 0.429. The van der Waals surface area contributed by atoms with E-state index in [9.17, 15) is 4.79 Å². The van der Waals surface area contributed by atoms with E-state index in [0.717, 1.165) is 15.7 Å². The first kappa shape index (κ1) is 16.9. The Morgan fingerprint density at radius 2 is 2.05 bits per heavy atom. The summed E-state index contributed by atoms with van der Waals surface area (Å²) >= 11 is 8.41. The summed E-state index contributed by atoms with van der Waals surface area (Å²) < 4.78 is 0.891. The molecule has 20 heavy (non-hydrogen) atoms. The number of hydrogen-bond acceptors (Lipinski definition) is 3. The average Bonchev–Trinajstić information content (AvgIpc) is 2.37. The molecule has 0 radical (unpaired) electrons. The maximum atomic E-state index is 12.0. The number of halogens is 1. The Bertz CT molecular complexity index is 505. The molecule has 1 aromatic carbocycles. The molecule has 0 saturated heterocycles. The summed E-state index contributed by atoms with van der Waals surface area (Å²) in [4.78, 5) is 12.2. The van der Waals surface area contributed by atoms with Crippen LogP contribution in [-0.2, 0) is 4.79 Å². The van der Waals surface area contributed by atoms with Gasteiger partial charge < -0.3 is 16.4 Å². The molecule has 0 bridgehead atoms. The predicted molar refractivity (Wildman–Crippen MR) is 91.0 cm³/mol. The Morgan fingerprint density at radius 3 is 2.60 bits per heavy atom. The number of hydrogen-bond donors (Lipinski definition) is 3. The van der Waals surface area contributed by atoms with Gasteiger partial charge in [-0.25, -0.2) is 0 Å². The lowest BCUT2D eigenvalue weighted by molar-refractivity contribution is -0.121. The minimum Gasteiger partial charge on any atom is -0.389 e. The highest BCUT2D eigenvalue weighted by Crippen LogP contribution is 2.21. The summed E-state index contributed by atoms with van der Waals surface area (Å²) in [6.07, 6.45) is 0. The summed E-state index contributed by atoms with van der Waals surface area (Å²) in [5.41, 5.74) is 7.18. The lowest BCUT2D eigenvalue weighted by Gasteiger charge is -2.18. The van der Waals surface area contributed by atoms with Crippen LogP contribution in [0.4, 0.5) is 5.69 Å². The zero-order valence-electron chi connectivity index (χ0n) is 11.9. The molecule has 110 valence electrons. The van der Waals surface area contributed by atoms with E-state index >= 15 is 0 Å². The van der Waals surface area contributed by atoms with Gasteiger partial charge in [0.05, 0.1) is 0 Å². The van der Waals surface area contributed by atoms with Crippen LogP contribution in [0.3, 0.4) is 0 Å². The van der Waals surface area contributed by atoms with E-state index in [1.807, 2.05) is 18.2 Å². The Kier molecular flexibility index (Phi) is 6.42. The molecule has 1 rings (SSSR count). The van der Waals surface area contributed by atoms with E-state index in [-0.39, 0.29) is 11.9 Å². The standard InChI is InChI=1S/C14H20BrN3OS/c1-8(2)7-17-14(19)9(3)18-12-5-4-10(15)6-11(12)13(16)20/h4-6,8-9,18H,7H2,1-3H3,(H2,16,20)(H,17,19). The molecular formula is C14H20BrN3OS. The molecule has 0 fully saturated rings. The van der Waals surface area contributed by atoms with E-state index in [2.05, 4.69) is 40.4 Å². The highest BCUT2D eigenvalue weighted by atomic mass is 79.9. The number of thiocarbonyl (C=S) groups is 1. The maximum Gasteiger partial charge on any atom is 0.242 e. The maximum absolute atomic E-state index is 12.0. The minimum absolute atomic E-state index is 0.0458. The van der Waals surface area contributed by atoms with E-state index in [0.29, 0.717) is 17.5 Å². The van der Waals surface area contributed by atoms with Crippen LogP contribution < -0.4 is 16.4 Å². The molecule has 1 aromatic rings.